The summed E-state index contributed by atoms with van der Waals surface area (Å²) in [5.74, 6) is -2.89. The summed E-state index contributed by atoms with van der Waals surface area (Å²) in [4.78, 5) is 25.4. The van der Waals surface area contributed by atoms with Gasteiger partial charge in [0.1, 0.15) is 17.2 Å². The number of aromatic nitrogens is 3. The Kier molecular flexibility index (Phi) is 6.07. The number of pyridine rings is 2. The Morgan fingerprint density at radius 1 is 1.17 bits per heavy atom. The molecule has 3 heterocycles. The molecule has 1 aliphatic carbocycles. The van der Waals surface area contributed by atoms with Crippen LogP contribution in [-0.2, 0) is 10.0 Å². The first-order valence-electron chi connectivity index (χ1n) is 11.7. The van der Waals surface area contributed by atoms with Gasteiger partial charge in [0.05, 0.1) is 11.3 Å². The van der Waals surface area contributed by atoms with E-state index < -0.39 is 38.7 Å². The molecule has 0 radical (unpaired) electrons. The van der Waals surface area contributed by atoms with Crippen molar-refractivity contribution < 1.29 is 22.0 Å². The number of nitrogens with one attached hydrogen (secondary N) is 2. The molecule has 5 rings (SSSR count). The van der Waals surface area contributed by atoms with Gasteiger partial charge in [-0.05, 0) is 50.5 Å². The van der Waals surface area contributed by atoms with E-state index in [2.05, 4.69) is 9.97 Å². The average Bonchev–Trinajstić information content (AvgIpc) is 3.60. The standard InChI is InChI=1S/C26H24F2N4O3S/c1-3-10-36(34,35)32-24-21(27)8-6-18(23(24)28)25(33)20-13-30-26-19(20)11-16(12-29-26)17-7-9-22(15-4-5-15)31-14(17)2/h6-9,11-13,15,32H,3-5,10H2,1-2H3,(H,29,30). The van der Waals surface area contributed by atoms with Crippen molar-refractivity contribution >= 4 is 32.5 Å². The number of halogens is 2. The van der Waals surface area contributed by atoms with E-state index in [1.807, 2.05) is 23.8 Å². The van der Waals surface area contributed by atoms with Crippen LogP contribution in [0.4, 0.5) is 14.5 Å². The lowest BCUT2D eigenvalue weighted by Gasteiger charge is -2.12. The Hall–Kier alpha value is -3.66. The number of ketones is 1. The fourth-order valence-corrected chi connectivity index (χ4v) is 5.41. The molecule has 1 fully saturated rings. The van der Waals surface area contributed by atoms with Crippen LogP contribution in [0.1, 0.15) is 59.4 Å². The van der Waals surface area contributed by atoms with E-state index in [4.69, 9.17) is 4.98 Å². The lowest BCUT2D eigenvalue weighted by atomic mass is 9.99. The minimum atomic E-state index is -3.97. The minimum Gasteiger partial charge on any atom is -0.345 e. The molecule has 186 valence electrons. The van der Waals surface area contributed by atoms with E-state index in [1.54, 1.807) is 19.2 Å². The second kappa shape index (κ2) is 9.09. The fourth-order valence-electron chi connectivity index (χ4n) is 4.27. The van der Waals surface area contributed by atoms with E-state index >= 15 is 4.39 Å². The van der Waals surface area contributed by atoms with E-state index in [-0.39, 0.29) is 17.7 Å². The molecule has 1 aliphatic rings. The first kappa shape index (κ1) is 24.1. The zero-order chi connectivity index (χ0) is 25.6. The Labute approximate surface area is 207 Å². The van der Waals surface area contributed by atoms with Crippen LogP contribution < -0.4 is 4.72 Å². The van der Waals surface area contributed by atoms with Gasteiger partial charge < -0.3 is 4.98 Å². The molecular formula is C26H24F2N4O3S. The van der Waals surface area contributed by atoms with Crippen molar-refractivity contribution in [2.24, 2.45) is 0 Å². The number of anilines is 1. The van der Waals surface area contributed by atoms with E-state index in [9.17, 15) is 17.6 Å². The van der Waals surface area contributed by atoms with Crippen molar-refractivity contribution in [3.8, 4) is 11.1 Å². The number of hydrogen-bond acceptors (Lipinski definition) is 5. The molecule has 0 unspecified atom stereocenters. The summed E-state index contributed by atoms with van der Waals surface area (Å²) < 4.78 is 55.7. The molecule has 0 aliphatic heterocycles. The van der Waals surface area contributed by atoms with E-state index in [1.165, 1.54) is 6.20 Å². The van der Waals surface area contributed by atoms with Crippen molar-refractivity contribution in [1.29, 1.82) is 0 Å². The summed E-state index contributed by atoms with van der Waals surface area (Å²) >= 11 is 0. The van der Waals surface area contributed by atoms with Gasteiger partial charge in [0.2, 0.25) is 10.0 Å². The molecule has 1 aromatic carbocycles. The zero-order valence-electron chi connectivity index (χ0n) is 19.7. The molecule has 4 aromatic rings. The van der Waals surface area contributed by atoms with Crippen LogP contribution in [0.25, 0.3) is 22.2 Å². The summed E-state index contributed by atoms with van der Waals surface area (Å²) in [5.41, 5.74) is 2.76. The molecule has 3 aromatic heterocycles. The Morgan fingerprint density at radius 2 is 1.94 bits per heavy atom. The molecule has 0 saturated heterocycles. The summed E-state index contributed by atoms with van der Waals surface area (Å²) in [6, 6.07) is 7.64. The number of nitrogens with zero attached hydrogens (tertiary/aromatic N) is 2. The molecule has 7 nitrogen and oxygen atoms in total. The number of rotatable bonds is 8. The van der Waals surface area contributed by atoms with Crippen molar-refractivity contribution in [2.45, 2.75) is 39.0 Å². The molecule has 0 bridgehead atoms. The third kappa shape index (κ3) is 4.48. The number of aryl methyl sites for hydroxylation is 1. The van der Waals surface area contributed by atoms with Gasteiger partial charge in [0.25, 0.3) is 0 Å². The Morgan fingerprint density at radius 3 is 2.64 bits per heavy atom. The lowest BCUT2D eigenvalue weighted by Crippen LogP contribution is -2.19. The number of fused-ring (bicyclic) bond motifs is 1. The second-order valence-corrected chi connectivity index (χ2v) is 10.8. The third-order valence-corrected chi connectivity index (χ3v) is 7.72. The molecule has 1 saturated carbocycles. The van der Waals surface area contributed by atoms with Crippen molar-refractivity contribution in [3.63, 3.8) is 0 Å². The first-order chi connectivity index (χ1) is 17.2. The molecule has 0 atom stereocenters. The number of carbonyl (C=O) groups is 1. The van der Waals surface area contributed by atoms with Gasteiger partial charge in [0.15, 0.2) is 11.6 Å². The zero-order valence-corrected chi connectivity index (χ0v) is 20.5. The molecular weight excluding hydrogens is 486 g/mol. The fraction of sp³-hybridized carbons (Fsp3) is 0.269. The number of H-pyrrole nitrogens is 1. The summed E-state index contributed by atoms with van der Waals surface area (Å²) in [5, 5.41) is 0.458. The smallest absolute Gasteiger partial charge is 0.232 e. The largest absolute Gasteiger partial charge is 0.345 e. The molecule has 10 heteroatoms. The van der Waals surface area contributed by atoms with Gasteiger partial charge in [-0.15, -0.1) is 0 Å². The Bertz CT molecular complexity index is 1610. The number of aromatic amines is 1. The second-order valence-electron chi connectivity index (χ2n) is 9.00. The first-order valence-corrected chi connectivity index (χ1v) is 13.3. The van der Waals surface area contributed by atoms with Crippen molar-refractivity contribution in [1.82, 2.24) is 15.0 Å². The van der Waals surface area contributed by atoms with Gasteiger partial charge in [-0.3, -0.25) is 14.5 Å². The van der Waals surface area contributed by atoms with Crippen LogP contribution in [-0.4, -0.2) is 34.9 Å². The van der Waals surface area contributed by atoms with E-state index in [0.29, 0.717) is 17.0 Å². The average molecular weight is 511 g/mol. The van der Waals surface area contributed by atoms with Crippen molar-refractivity contribution in [3.05, 3.63) is 76.9 Å². The maximum atomic E-state index is 15.2. The van der Waals surface area contributed by atoms with Gasteiger partial charge in [0, 0.05) is 51.8 Å². The SMILES string of the molecule is CCCS(=O)(=O)Nc1c(F)ccc(C(=O)c2c[nH]c3ncc(-c4ccc(C5CC5)nc4C)cc23)c1F. The van der Waals surface area contributed by atoms with Crippen LogP contribution in [0.15, 0.2) is 42.7 Å². The van der Waals surface area contributed by atoms with Gasteiger partial charge >= 0.3 is 0 Å². The maximum absolute atomic E-state index is 15.2. The number of carbonyl (C=O) groups excluding carboxylic acids is 1. The van der Waals surface area contributed by atoms with Gasteiger partial charge in [-0.2, -0.15) is 0 Å². The normalized spacial score (nSPS) is 13.8. The van der Waals surface area contributed by atoms with Crippen LogP contribution in [0, 0.1) is 18.6 Å². The van der Waals surface area contributed by atoms with Crippen LogP contribution in [0.3, 0.4) is 0 Å². The summed E-state index contributed by atoms with van der Waals surface area (Å²) in [7, 11) is -3.97. The topological polar surface area (TPSA) is 105 Å². The van der Waals surface area contributed by atoms with Crippen molar-refractivity contribution in [2.75, 3.05) is 10.5 Å². The quantitative estimate of drug-likeness (QED) is 0.306. The Balaban J connectivity index is 1.53. The third-order valence-electron chi connectivity index (χ3n) is 6.26. The van der Waals surface area contributed by atoms with E-state index in [0.717, 1.165) is 47.5 Å². The van der Waals surface area contributed by atoms with Gasteiger partial charge in [-0.1, -0.05) is 13.0 Å². The number of sulfonamides is 1. The molecule has 0 spiro atoms. The molecule has 36 heavy (non-hydrogen) atoms. The highest BCUT2D eigenvalue weighted by Gasteiger charge is 2.26. The highest BCUT2D eigenvalue weighted by Crippen LogP contribution is 2.40. The predicted molar refractivity (Wildman–Crippen MR) is 134 cm³/mol. The summed E-state index contributed by atoms with van der Waals surface area (Å²) in [6.07, 6.45) is 5.65. The highest BCUT2D eigenvalue weighted by molar-refractivity contribution is 7.92. The summed E-state index contributed by atoms with van der Waals surface area (Å²) in [6.45, 7) is 3.55. The highest BCUT2D eigenvalue weighted by atomic mass is 32.2. The molecule has 0 amide bonds. The number of hydrogen-bond donors (Lipinski definition) is 2. The number of benzene rings is 1. The monoisotopic (exact) mass is 510 g/mol. The molecule has 2 N–H and O–H groups in total. The maximum Gasteiger partial charge on any atom is 0.232 e. The van der Waals surface area contributed by atoms with Crippen LogP contribution in [0.5, 0.6) is 0 Å². The van der Waals surface area contributed by atoms with Crippen LogP contribution in [0.2, 0.25) is 0 Å². The minimum absolute atomic E-state index is 0.132. The van der Waals surface area contributed by atoms with Gasteiger partial charge in [-0.25, -0.2) is 22.2 Å². The predicted octanol–water partition coefficient (Wildman–Crippen LogP) is 5.47. The van der Waals surface area contributed by atoms with Crippen LogP contribution >= 0.6 is 0 Å². The lowest BCUT2D eigenvalue weighted by molar-refractivity contribution is 0.103.